The Hall–Kier alpha value is -2.45. The molecule has 3 rings (SSSR count). The third-order valence-electron chi connectivity index (χ3n) is 4.43. The number of nitro benzene ring substituents is 1. The predicted octanol–water partition coefficient (Wildman–Crippen LogP) is 3.03. The minimum absolute atomic E-state index is 0.0262. The van der Waals surface area contributed by atoms with Gasteiger partial charge < -0.3 is 5.32 Å². The first-order valence-corrected chi connectivity index (χ1v) is 9.99. The summed E-state index contributed by atoms with van der Waals surface area (Å²) >= 11 is 0. The molecular formula is C18H21N3O4S. The van der Waals surface area contributed by atoms with Crippen LogP contribution < -0.4 is 5.32 Å². The van der Waals surface area contributed by atoms with Crippen LogP contribution in [-0.2, 0) is 16.4 Å². The standard InChI is InChI=1S/C18H21N3O4S/c22-21(23)16-8-9-17(19-11-10-15-6-2-1-3-7-15)18(14-16)26(24,25)20-12-4-5-13-20/h1-3,6-9,14,19H,4-5,10-13H2. The van der Waals surface area contributed by atoms with Crippen molar-refractivity contribution < 1.29 is 13.3 Å². The Kier molecular flexibility index (Phi) is 5.53. The first kappa shape index (κ1) is 18.3. The average Bonchev–Trinajstić information content (AvgIpc) is 3.18. The van der Waals surface area contributed by atoms with Gasteiger partial charge >= 0.3 is 0 Å². The van der Waals surface area contributed by atoms with Gasteiger partial charge in [0, 0.05) is 31.8 Å². The minimum atomic E-state index is -3.75. The van der Waals surface area contributed by atoms with Crippen LogP contribution in [-0.4, -0.2) is 37.3 Å². The number of sulfonamides is 1. The lowest BCUT2D eigenvalue weighted by Gasteiger charge is -2.18. The van der Waals surface area contributed by atoms with E-state index in [4.69, 9.17) is 0 Å². The van der Waals surface area contributed by atoms with E-state index in [9.17, 15) is 18.5 Å². The SMILES string of the molecule is O=[N+]([O-])c1ccc(NCCc2ccccc2)c(S(=O)(=O)N2CCCC2)c1. The molecule has 8 heteroatoms. The Morgan fingerprint density at radius 3 is 2.42 bits per heavy atom. The van der Waals surface area contributed by atoms with Gasteiger partial charge in [0.2, 0.25) is 10.0 Å². The molecular weight excluding hydrogens is 354 g/mol. The highest BCUT2D eigenvalue weighted by Crippen LogP contribution is 2.30. The summed E-state index contributed by atoms with van der Waals surface area (Å²) in [7, 11) is -3.75. The average molecular weight is 375 g/mol. The van der Waals surface area contributed by atoms with Crippen LogP contribution in [0.2, 0.25) is 0 Å². The maximum absolute atomic E-state index is 12.9. The molecule has 1 aliphatic heterocycles. The molecule has 1 saturated heterocycles. The fraction of sp³-hybridized carbons (Fsp3) is 0.333. The number of rotatable bonds is 7. The fourth-order valence-corrected chi connectivity index (χ4v) is 4.74. The van der Waals surface area contributed by atoms with Crippen molar-refractivity contribution in [2.24, 2.45) is 0 Å². The largest absolute Gasteiger partial charge is 0.384 e. The highest BCUT2D eigenvalue weighted by atomic mass is 32.2. The molecule has 1 heterocycles. The summed E-state index contributed by atoms with van der Waals surface area (Å²) in [6, 6.07) is 13.8. The molecule has 2 aromatic rings. The van der Waals surface area contributed by atoms with Gasteiger partial charge in [-0.1, -0.05) is 30.3 Å². The number of hydrogen-bond acceptors (Lipinski definition) is 5. The summed E-state index contributed by atoms with van der Waals surface area (Å²) < 4.78 is 27.3. The Labute approximate surface area is 152 Å². The van der Waals surface area contributed by atoms with E-state index in [-0.39, 0.29) is 10.6 Å². The van der Waals surface area contributed by atoms with Crippen LogP contribution in [0.1, 0.15) is 18.4 Å². The lowest BCUT2D eigenvalue weighted by Crippen LogP contribution is -2.28. The van der Waals surface area contributed by atoms with Crippen LogP contribution >= 0.6 is 0 Å². The molecule has 0 aromatic heterocycles. The molecule has 0 bridgehead atoms. The molecule has 1 fully saturated rings. The van der Waals surface area contributed by atoms with Gasteiger partial charge in [-0.2, -0.15) is 4.31 Å². The van der Waals surface area contributed by atoms with Gasteiger partial charge in [0.1, 0.15) is 4.90 Å². The summed E-state index contributed by atoms with van der Waals surface area (Å²) in [4.78, 5) is 10.5. The number of benzene rings is 2. The lowest BCUT2D eigenvalue weighted by atomic mass is 10.1. The monoisotopic (exact) mass is 375 g/mol. The molecule has 0 amide bonds. The van der Waals surface area contributed by atoms with Crippen molar-refractivity contribution >= 4 is 21.4 Å². The summed E-state index contributed by atoms with van der Waals surface area (Å²) in [5.41, 5.74) is 1.31. The molecule has 0 unspecified atom stereocenters. The van der Waals surface area contributed by atoms with Crippen LogP contribution in [0.5, 0.6) is 0 Å². The zero-order valence-corrected chi connectivity index (χ0v) is 15.1. The molecule has 138 valence electrons. The highest BCUT2D eigenvalue weighted by Gasteiger charge is 2.30. The van der Waals surface area contributed by atoms with E-state index < -0.39 is 14.9 Å². The van der Waals surface area contributed by atoms with Gasteiger partial charge in [-0.15, -0.1) is 0 Å². The number of nitro groups is 1. The molecule has 1 aliphatic rings. The van der Waals surface area contributed by atoms with Crippen molar-refractivity contribution in [1.29, 1.82) is 0 Å². The van der Waals surface area contributed by atoms with Gasteiger partial charge in [0.15, 0.2) is 0 Å². The van der Waals surface area contributed by atoms with E-state index in [0.717, 1.165) is 30.9 Å². The van der Waals surface area contributed by atoms with E-state index in [0.29, 0.717) is 25.3 Å². The van der Waals surface area contributed by atoms with Gasteiger partial charge in [0.25, 0.3) is 5.69 Å². The predicted molar refractivity (Wildman–Crippen MR) is 99.7 cm³/mol. The third kappa shape index (κ3) is 4.03. The molecule has 7 nitrogen and oxygen atoms in total. The summed E-state index contributed by atoms with van der Waals surface area (Å²) in [5.74, 6) is 0. The van der Waals surface area contributed by atoms with E-state index in [2.05, 4.69) is 5.32 Å². The molecule has 0 spiro atoms. The zero-order valence-electron chi connectivity index (χ0n) is 14.3. The number of non-ortho nitro benzene ring substituents is 1. The molecule has 0 atom stereocenters. The second-order valence-electron chi connectivity index (χ2n) is 6.21. The van der Waals surface area contributed by atoms with Gasteiger partial charge in [-0.25, -0.2) is 8.42 Å². The van der Waals surface area contributed by atoms with Crippen molar-refractivity contribution in [2.75, 3.05) is 25.0 Å². The van der Waals surface area contributed by atoms with Crippen LogP contribution in [0.25, 0.3) is 0 Å². The quantitative estimate of drug-likeness (QED) is 0.593. The van der Waals surface area contributed by atoms with Gasteiger partial charge in [-0.3, -0.25) is 10.1 Å². The molecule has 2 aromatic carbocycles. The van der Waals surface area contributed by atoms with E-state index in [1.807, 2.05) is 30.3 Å². The van der Waals surface area contributed by atoms with Crippen molar-refractivity contribution in [2.45, 2.75) is 24.2 Å². The van der Waals surface area contributed by atoms with E-state index in [1.165, 1.54) is 16.4 Å². The number of hydrogen-bond donors (Lipinski definition) is 1. The first-order chi connectivity index (χ1) is 12.5. The topological polar surface area (TPSA) is 92.5 Å². The Morgan fingerprint density at radius 1 is 1.08 bits per heavy atom. The highest BCUT2D eigenvalue weighted by molar-refractivity contribution is 7.89. The van der Waals surface area contributed by atoms with Crippen molar-refractivity contribution in [3.63, 3.8) is 0 Å². The first-order valence-electron chi connectivity index (χ1n) is 8.55. The smallest absolute Gasteiger partial charge is 0.270 e. The van der Waals surface area contributed by atoms with Gasteiger partial charge in [-0.05, 0) is 30.9 Å². The Morgan fingerprint density at radius 2 is 1.77 bits per heavy atom. The van der Waals surface area contributed by atoms with Crippen molar-refractivity contribution in [3.05, 3.63) is 64.2 Å². The molecule has 1 N–H and O–H groups in total. The van der Waals surface area contributed by atoms with Crippen LogP contribution in [0.15, 0.2) is 53.4 Å². The fourth-order valence-electron chi connectivity index (χ4n) is 3.04. The second kappa shape index (κ2) is 7.84. The third-order valence-corrected chi connectivity index (χ3v) is 6.37. The van der Waals surface area contributed by atoms with Crippen molar-refractivity contribution in [1.82, 2.24) is 4.31 Å². The van der Waals surface area contributed by atoms with Crippen molar-refractivity contribution in [3.8, 4) is 0 Å². The lowest BCUT2D eigenvalue weighted by molar-refractivity contribution is -0.385. The molecule has 0 radical (unpaired) electrons. The molecule has 0 saturated carbocycles. The minimum Gasteiger partial charge on any atom is -0.384 e. The van der Waals surface area contributed by atoms with Crippen LogP contribution in [0.3, 0.4) is 0 Å². The maximum Gasteiger partial charge on any atom is 0.270 e. The second-order valence-corrected chi connectivity index (χ2v) is 8.12. The van der Waals surface area contributed by atoms with Gasteiger partial charge in [0.05, 0.1) is 10.6 Å². The van der Waals surface area contributed by atoms with Crippen LogP contribution in [0.4, 0.5) is 11.4 Å². The van der Waals surface area contributed by atoms with E-state index in [1.54, 1.807) is 0 Å². The van der Waals surface area contributed by atoms with Crippen LogP contribution in [0, 0.1) is 10.1 Å². The summed E-state index contributed by atoms with van der Waals surface area (Å²) in [5, 5.41) is 14.2. The number of nitrogens with zero attached hydrogens (tertiary/aromatic N) is 2. The normalized spacial score (nSPS) is 15.1. The maximum atomic E-state index is 12.9. The summed E-state index contributed by atoms with van der Waals surface area (Å²) in [6.45, 7) is 1.44. The Balaban J connectivity index is 1.85. The number of anilines is 1. The molecule has 26 heavy (non-hydrogen) atoms. The zero-order chi connectivity index (χ0) is 18.6. The Bertz CT molecular complexity index is 879. The number of nitrogens with one attached hydrogen (secondary N) is 1. The summed E-state index contributed by atoms with van der Waals surface area (Å²) in [6.07, 6.45) is 2.34. The molecule has 0 aliphatic carbocycles. The van der Waals surface area contributed by atoms with E-state index >= 15 is 0 Å².